The number of aliphatic hydroxyl groups is 2. The smallest absolute Gasteiger partial charge is 0.260 e. The third kappa shape index (κ3) is 5.96. The summed E-state index contributed by atoms with van der Waals surface area (Å²) in [6, 6.07) is 11.5. The highest BCUT2D eigenvalue weighted by Crippen LogP contribution is 2.34. The summed E-state index contributed by atoms with van der Waals surface area (Å²) in [5.41, 5.74) is 4.28. The average molecular weight is 470 g/mol. The van der Waals surface area contributed by atoms with Crippen LogP contribution >= 0.6 is 11.3 Å². The van der Waals surface area contributed by atoms with Gasteiger partial charge in [0.25, 0.3) is 5.91 Å². The number of anilines is 1. The number of hydrogen-bond acceptors (Lipinski definition) is 7. The molecule has 3 aromatic rings. The van der Waals surface area contributed by atoms with Gasteiger partial charge in [-0.15, -0.1) is 10.2 Å². The molecule has 3 rings (SSSR count). The molecule has 2 aromatic carbocycles. The molecule has 1 unspecified atom stereocenters. The summed E-state index contributed by atoms with van der Waals surface area (Å²) in [6.45, 7) is 8.13. The van der Waals surface area contributed by atoms with E-state index in [-0.39, 0.29) is 19.1 Å². The number of carbonyl (C=O) groups is 1. The van der Waals surface area contributed by atoms with Crippen LogP contribution in [0.4, 0.5) is 5.13 Å². The van der Waals surface area contributed by atoms with E-state index in [9.17, 15) is 9.90 Å². The number of rotatable bonds is 10. The molecule has 1 amide bonds. The van der Waals surface area contributed by atoms with Gasteiger partial charge in [0.15, 0.2) is 0 Å². The number of amides is 1. The van der Waals surface area contributed by atoms with Gasteiger partial charge < -0.3 is 14.9 Å². The minimum Gasteiger partial charge on any atom is -0.490 e. The zero-order chi connectivity index (χ0) is 24.0. The van der Waals surface area contributed by atoms with Gasteiger partial charge in [0.2, 0.25) is 5.13 Å². The Morgan fingerprint density at radius 1 is 1.12 bits per heavy atom. The standard InChI is InChI=1S/C25H31N3O4S/c1-5-6-11-28(24(31)21-10-8-7-9-16(21)2)25-27-26-23(33-25)19-12-17(3)22(18(4)13-19)32-15-20(30)14-29/h7-10,12-13,20,29-30H,5-6,11,14-15H2,1-4H3. The lowest BCUT2D eigenvalue weighted by Crippen LogP contribution is -2.32. The van der Waals surface area contributed by atoms with Crippen LogP contribution in [0.1, 0.15) is 46.8 Å². The lowest BCUT2D eigenvalue weighted by molar-refractivity contribution is 0.0532. The predicted molar refractivity (Wildman–Crippen MR) is 131 cm³/mol. The molecule has 2 N–H and O–H groups in total. The molecule has 1 aromatic heterocycles. The quantitative estimate of drug-likeness (QED) is 0.459. The van der Waals surface area contributed by atoms with Crippen LogP contribution in [0.25, 0.3) is 10.6 Å². The van der Waals surface area contributed by atoms with Crippen LogP contribution in [0.15, 0.2) is 36.4 Å². The molecule has 1 heterocycles. The first-order valence-corrected chi connectivity index (χ1v) is 11.9. The number of benzene rings is 2. The number of aliphatic hydroxyl groups excluding tert-OH is 2. The van der Waals surface area contributed by atoms with Crippen molar-refractivity contribution in [1.82, 2.24) is 10.2 Å². The van der Waals surface area contributed by atoms with Crippen molar-refractivity contribution in [1.29, 1.82) is 0 Å². The number of nitrogens with zero attached hydrogens (tertiary/aromatic N) is 3. The Kier molecular flexibility index (Phi) is 8.55. The Bertz CT molecular complexity index is 1080. The summed E-state index contributed by atoms with van der Waals surface area (Å²) >= 11 is 1.39. The first-order valence-electron chi connectivity index (χ1n) is 11.1. The second-order valence-electron chi connectivity index (χ2n) is 8.10. The SMILES string of the molecule is CCCCN(C(=O)c1ccccc1C)c1nnc(-c2cc(C)c(OCC(O)CO)c(C)c2)s1. The fourth-order valence-electron chi connectivity index (χ4n) is 3.53. The zero-order valence-corrected chi connectivity index (χ0v) is 20.4. The van der Waals surface area contributed by atoms with Crippen LogP contribution in [-0.2, 0) is 0 Å². The van der Waals surface area contributed by atoms with Crippen LogP contribution < -0.4 is 9.64 Å². The number of aryl methyl sites for hydroxylation is 3. The lowest BCUT2D eigenvalue weighted by Gasteiger charge is -2.20. The van der Waals surface area contributed by atoms with E-state index in [2.05, 4.69) is 17.1 Å². The van der Waals surface area contributed by atoms with Crippen molar-refractivity contribution in [2.75, 3.05) is 24.7 Å². The molecular weight excluding hydrogens is 438 g/mol. The van der Waals surface area contributed by atoms with Crippen molar-refractivity contribution in [3.63, 3.8) is 0 Å². The van der Waals surface area contributed by atoms with Crippen molar-refractivity contribution in [2.45, 2.75) is 46.6 Å². The van der Waals surface area contributed by atoms with Crippen LogP contribution in [0.3, 0.4) is 0 Å². The molecule has 7 nitrogen and oxygen atoms in total. The highest BCUT2D eigenvalue weighted by molar-refractivity contribution is 7.18. The largest absolute Gasteiger partial charge is 0.490 e. The molecule has 1 atom stereocenters. The summed E-state index contributed by atoms with van der Waals surface area (Å²) in [6.07, 6.45) is 0.916. The van der Waals surface area contributed by atoms with E-state index >= 15 is 0 Å². The Labute approximate surface area is 198 Å². The van der Waals surface area contributed by atoms with Crippen LogP contribution in [0.2, 0.25) is 0 Å². The van der Waals surface area contributed by atoms with E-state index in [4.69, 9.17) is 9.84 Å². The van der Waals surface area contributed by atoms with Crippen molar-refractivity contribution in [3.8, 4) is 16.3 Å². The summed E-state index contributed by atoms with van der Waals surface area (Å²) < 4.78 is 5.69. The Hall–Kier alpha value is -2.81. The minimum absolute atomic E-state index is 0.0217. The first kappa shape index (κ1) is 24.8. The topological polar surface area (TPSA) is 95.8 Å². The average Bonchev–Trinajstić information content (AvgIpc) is 3.28. The summed E-state index contributed by atoms with van der Waals surface area (Å²) in [5.74, 6) is 0.609. The van der Waals surface area contributed by atoms with Gasteiger partial charge in [-0.05, 0) is 62.1 Å². The molecule has 0 radical (unpaired) electrons. The summed E-state index contributed by atoms with van der Waals surface area (Å²) in [7, 11) is 0. The number of unbranched alkanes of at least 4 members (excludes halogenated alkanes) is 1. The number of aromatic nitrogens is 2. The Morgan fingerprint density at radius 2 is 1.82 bits per heavy atom. The predicted octanol–water partition coefficient (Wildman–Crippen LogP) is 4.31. The fraction of sp³-hybridized carbons (Fsp3) is 0.400. The van der Waals surface area contributed by atoms with Gasteiger partial charge in [-0.1, -0.05) is 42.9 Å². The summed E-state index contributed by atoms with van der Waals surface area (Å²) in [5, 5.41) is 28.6. The number of hydrogen-bond donors (Lipinski definition) is 2. The molecule has 176 valence electrons. The number of carbonyl (C=O) groups excluding carboxylic acids is 1. The molecule has 0 saturated carbocycles. The van der Waals surface area contributed by atoms with Crippen molar-refractivity contribution in [2.24, 2.45) is 0 Å². The van der Waals surface area contributed by atoms with E-state index in [1.165, 1.54) is 11.3 Å². The van der Waals surface area contributed by atoms with Gasteiger partial charge >= 0.3 is 0 Å². The van der Waals surface area contributed by atoms with Gasteiger partial charge in [-0.2, -0.15) is 0 Å². The molecule has 8 heteroatoms. The monoisotopic (exact) mass is 469 g/mol. The van der Waals surface area contributed by atoms with E-state index in [1.807, 2.05) is 57.2 Å². The van der Waals surface area contributed by atoms with Crippen LogP contribution in [0, 0.1) is 20.8 Å². The van der Waals surface area contributed by atoms with Gasteiger partial charge in [-0.3, -0.25) is 9.69 Å². The molecule has 0 saturated heterocycles. The maximum Gasteiger partial charge on any atom is 0.260 e. The fourth-order valence-corrected chi connectivity index (χ4v) is 4.39. The molecule has 0 spiro atoms. The molecule has 0 aliphatic rings. The highest BCUT2D eigenvalue weighted by atomic mass is 32.1. The first-order chi connectivity index (χ1) is 15.8. The van der Waals surface area contributed by atoms with E-state index in [0.29, 0.717) is 23.0 Å². The molecule has 33 heavy (non-hydrogen) atoms. The molecule has 0 aliphatic heterocycles. The van der Waals surface area contributed by atoms with E-state index in [1.54, 1.807) is 4.90 Å². The minimum atomic E-state index is -0.922. The normalized spacial score (nSPS) is 11.9. The molecule has 0 aliphatic carbocycles. The van der Waals surface area contributed by atoms with Gasteiger partial charge in [0, 0.05) is 17.7 Å². The van der Waals surface area contributed by atoms with Crippen molar-refractivity contribution in [3.05, 3.63) is 58.7 Å². The van der Waals surface area contributed by atoms with Crippen LogP contribution in [0.5, 0.6) is 5.75 Å². The van der Waals surface area contributed by atoms with E-state index in [0.717, 1.165) is 40.1 Å². The lowest BCUT2D eigenvalue weighted by atomic mass is 10.1. The molecule has 0 bridgehead atoms. The second-order valence-corrected chi connectivity index (χ2v) is 9.06. The zero-order valence-electron chi connectivity index (χ0n) is 19.5. The third-order valence-corrected chi connectivity index (χ3v) is 6.33. The summed E-state index contributed by atoms with van der Waals surface area (Å²) in [4.78, 5) is 15.1. The molecule has 0 fully saturated rings. The molecular formula is C25H31N3O4S. The maximum absolute atomic E-state index is 13.3. The van der Waals surface area contributed by atoms with E-state index < -0.39 is 6.10 Å². The van der Waals surface area contributed by atoms with Crippen molar-refractivity contribution >= 4 is 22.4 Å². The van der Waals surface area contributed by atoms with Crippen molar-refractivity contribution < 1.29 is 19.7 Å². The third-order valence-electron chi connectivity index (χ3n) is 5.34. The maximum atomic E-state index is 13.3. The van der Waals surface area contributed by atoms with Gasteiger partial charge in [0.1, 0.15) is 23.5 Å². The van der Waals surface area contributed by atoms with Gasteiger partial charge in [-0.25, -0.2) is 0 Å². The number of ether oxygens (including phenoxy) is 1. The Balaban J connectivity index is 1.88. The van der Waals surface area contributed by atoms with Gasteiger partial charge in [0.05, 0.1) is 6.61 Å². The highest BCUT2D eigenvalue weighted by Gasteiger charge is 2.23. The van der Waals surface area contributed by atoms with Crippen LogP contribution in [-0.4, -0.2) is 52.2 Å². The second kappa shape index (κ2) is 11.4. The Morgan fingerprint density at radius 3 is 2.45 bits per heavy atom.